The molecule has 0 saturated carbocycles. The molecule has 1 amide bonds. The molecule has 0 radical (unpaired) electrons. The van der Waals surface area contributed by atoms with Gasteiger partial charge in [0.25, 0.3) is 5.91 Å². The summed E-state index contributed by atoms with van der Waals surface area (Å²) in [7, 11) is -3.58. The fourth-order valence-electron chi connectivity index (χ4n) is 3.03. The number of nitrogens with zero attached hydrogens (tertiary/aromatic N) is 1. The number of ether oxygens (including phenoxy) is 1. The Morgan fingerprint density at radius 2 is 1.82 bits per heavy atom. The fourth-order valence-corrected chi connectivity index (χ4v) is 4.59. The molecule has 150 valence electrons. The van der Waals surface area contributed by atoms with E-state index < -0.39 is 27.9 Å². The van der Waals surface area contributed by atoms with Crippen molar-refractivity contribution in [3.05, 3.63) is 54.3 Å². The Balaban J connectivity index is 1.69. The van der Waals surface area contributed by atoms with E-state index in [-0.39, 0.29) is 10.6 Å². The van der Waals surface area contributed by atoms with Crippen LogP contribution in [0.4, 0.5) is 10.1 Å². The zero-order valence-electron chi connectivity index (χ0n) is 15.6. The van der Waals surface area contributed by atoms with Crippen molar-refractivity contribution in [2.24, 2.45) is 0 Å². The quantitative estimate of drug-likeness (QED) is 0.798. The van der Waals surface area contributed by atoms with E-state index in [1.54, 1.807) is 18.2 Å². The molecule has 0 spiro atoms. The van der Waals surface area contributed by atoms with Crippen LogP contribution >= 0.6 is 0 Å². The molecule has 1 aliphatic rings. The Kier molecular flexibility index (Phi) is 6.31. The van der Waals surface area contributed by atoms with Gasteiger partial charge in [0, 0.05) is 24.8 Å². The number of rotatable bonds is 6. The van der Waals surface area contributed by atoms with Gasteiger partial charge in [0.2, 0.25) is 10.0 Å². The Labute approximate surface area is 164 Å². The molecular weight excluding hydrogens is 383 g/mol. The second kappa shape index (κ2) is 8.70. The molecule has 1 unspecified atom stereocenters. The molecule has 1 heterocycles. The number of anilines is 1. The van der Waals surface area contributed by atoms with Crippen LogP contribution < -0.4 is 10.1 Å². The third-order valence-corrected chi connectivity index (χ3v) is 6.43. The minimum Gasteiger partial charge on any atom is -0.481 e. The van der Waals surface area contributed by atoms with Gasteiger partial charge in [-0.2, -0.15) is 4.31 Å². The summed E-state index contributed by atoms with van der Waals surface area (Å²) in [6, 6.07) is 11.7. The van der Waals surface area contributed by atoms with E-state index in [1.165, 1.54) is 41.6 Å². The van der Waals surface area contributed by atoms with Crippen LogP contribution in [0.15, 0.2) is 53.4 Å². The van der Waals surface area contributed by atoms with Gasteiger partial charge in [-0.3, -0.25) is 4.79 Å². The lowest BCUT2D eigenvalue weighted by Crippen LogP contribution is -2.35. The zero-order valence-corrected chi connectivity index (χ0v) is 16.4. The maximum Gasteiger partial charge on any atom is 0.265 e. The molecule has 6 nitrogen and oxygen atoms in total. The molecule has 8 heteroatoms. The van der Waals surface area contributed by atoms with Crippen LogP contribution in [0.2, 0.25) is 0 Å². The molecule has 0 bridgehead atoms. The van der Waals surface area contributed by atoms with Crippen LogP contribution in [0.25, 0.3) is 0 Å². The Morgan fingerprint density at radius 1 is 1.11 bits per heavy atom. The molecule has 1 fully saturated rings. The summed E-state index contributed by atoms with van der Waals surface area (Å²) in [6.45, 7) is 2.56. The molecule has 1 aliphatic heterocycles. The minimum absolute atomic E-state index is 0.144. The van der Waals surface area contributed by atoms with Crippen molar-refractivity contribution in [3.8, 4) is 5.75 Å². The van der Waals surface area contributed by atoms with E-state index in [9.17, 15) is 17.6 Å². The van der Waals surface area contributed by atoms with Gasteiger partial charge in [0.15, 0.2) is 6.10 Å². The van der Waals surface area contributed by atoms with Crippen molar-refractivity contribution in [2.75, 3.05) is 18.4 Å². The lowest BCUT2D eigenvalue weighted by Gasteiger charge is -2.26. The average molecular weight is 406 g/mol. The third-order valence-electron chi connectivity index (χ3n) is 4.53. The standard InChI is InChI=1S/C20H23FN2O4S/c1-15(27-18-9-5-7-16(21)13-18)20(24)22-17-8-6-10-19(14-17)28(25,26)23-11-3-2-4-12-23/h5-10,13-15H,2-4,11-12H2,1H3,(H,22,24). The first-order valence-corrected chi connectivity index (χ1v) is 10.6. The summed E-state index contributed by atoms with van der Waals surface area (Å²) < 4.78 is 45.7. The summed E-state index contributed by atoms with van der Waals surface area (Å²) in [5, 5.41) is 2.65. The Hall–Kier alpha value is -2.45. The van der Waals surface area contributed by atoms with Gasteiger partial charge in [-0.25, -0.2) is 12.8 Å². The molecule has 0 aliphatic carbocycles. The number of sulfonamides is 1. The van der Waals surface area contributed by atoms with Crippen molar-refractivity contribution in [3.63, 3.8) is 0 Å². The molecule has 2 aromatic carbocycles. The van der Waals surface area contributed by atoms with Crippen LogP contribution in [0.1, 0.15) is 26.2 Å². The highest BCUT2D eigenvalue weighted by molar-refractivity contribution is 7.89. The highest BCUT2D eigenvalue weighted by atomic mass is 32.2. The van der Waals surface area contributed by atoms with Gasteiger partial charge in [-0.15, -0.1) is 0 Å². The first kappa shape index (κ1) is 20.3. The van der Waals surface area contributed by atoms with Gasteiger partial charge < -0.3 is 10.1 Å². The molecular formula is C20H23FN2O4S. The number of amides is 1. The Morgan fingerprint density at radius 3 is 2.54 bits per heavy atom. The smallest absolute Gasteiger partial charge is 0.265 e. The third kappa shape index (κ3) is 4.88. The van der Waals surface area contributed by atoms with Crippen molar-refractivity contribution in [1.29, 1.82) is 0 Å². The number of carbonyl (C=O) groups excluding carboxylic acids is 1. The lowest BCUT2D eigenvalue weighted by molar-refractivity contribution is -0.122. The van der Waals surface area contributed by atoms with Crippen LogP contribution in [-0.2, 0) is 14.8 Å². The van der Waals surface area contributed by atoms with E-state index >= 15 is 0 Å². The minimum atomic E-state index is -3.58. The summed E-state index contributed by atoms with van der Waals surface area (Å²) >= 11 is 0. The normalized spacial score (nSPS) is 16.4. The topological polar surface area (TPSA) is 75.7 Å². The average Bonchev–Trinajstić information content (AvgIpc) is 2.69. The van der Waals surface area contributed by atoms with E-state index in [0.29, 0.717) is 18.8 Å². The first-order valence-electron chi connectivity index (χ1n) is 9.19. The maximum absolute atomic E-state index is 13.2. The molecule has 1 N–H and O–H groups in total. The summed E-state index contributed by atoms with van der Waals surface area (Å²) in [6.07, 6.45) is 1.85. The van der Waals surface area contributed by atoms with Gasteiger partial charge in [-0.1, -0.05) is 18.6 Å². The summed E-state index contributed by atoms with van der Waals surface area (Å²) in [5.74, 6) is -0.679. The maximum atomic E-state index is 13.2. The number of carbonyl (C=O) groups is 1. The van der Waals surface area contributed by atoms with Crippen LogP contribution in [-0.4, -0.2) is 37.8 Å². The van der Waals surface area contributed by atoms with Crippen LogP contribution in [0.5, 0.6) is 5.75 Å². The van der Waals surface area contributed by atoms with Crippen molar-refractivity contribution >= 4 is 21.6 Å². The van der Waals surface area contributed by atoms with E-state index in [2.05, 4.69) is 5.32 Å². The Bertz CT molecular complexity index is 943. The monoisotopic (exact) mass is 406 g/mol. The van der Waals surface area contributed by atoms with E-state index in [1.807, 2.05) is 0 Å². The number of halogens is 1. The molecule has 0 aromatic heterocycles. The number of nitrogens with one attached hydrogen (secondary N) is 1. The first-order chi connectivity index (χ1) is 13.4. The second-order valence-electron chi connectivity index (χ2n) is 6.70. The molecule has 3 rings (SSSR count). The number of piperidine rings is 1. The summed E-state index contributed by atoms with van der Waals surface area (Å²) in [5.41, 5.74) is 0.359. The highest BCUT2D eigenvalue weighted by Crippen LogP contribution is 2.23. The highest BCUT2D eigenvalue weighted by Gasteiger charge is 2.26. The van der Waals surface area contributed by atoms with Crippen LogP contribution in [0, 0.1) is 5.82 Å². The predicted molar refractivity (Wildman–Crippen MR) is 104 cm³/mol. The number of benzene rings is 2. The van der Waals surface area contributed by atoms with E-state index in [4.69, 9.17) is 4.74 Å². The summed E-state index contributed by atoms with van der Waals surface area (Å²) in [4.78, 5) is 12.5. The lowest BCUT2D eigenvalue weighted by atomic mass is 10.2. The zero-order chi connectivity index (χ0) is 20.1. The van der Waals surface area contributed by atoms with Crippen molar-refractivity contribution < 1.29 is 22.3 Å². The molecule has 2 aromatic rings. The molecule has 1 saturated heterocycles. The molecule has 1 atom stereocenters. The predicted octanol–water partition coefficient (Wildman–Crippen LogP) is 3.41. The van der Waals surface area contributed by atoms with E-state index in [0.717, 1.165) is 19.3 Å². The van der Waals surface area contributed by atoms with Crippen molar-refractivity contribution in [1.82, 2.24) is 4.31 Å². The van der Waals surface area contributed by atoms with Crippen molar-refractivity contribution in [2.45, 2.75) is 37.2 Å². The fraction of sp³-hybridized carbons (Fsp3) is 0.350. The number of hydrogen-bond donors (Lipinski definition) is 1. The van der Waals surface area contributed by atoms with Crippen LogP contribution in [0.3, 0.4) is 0 Å². The number of hydrogen-bond acceptors (Lipinski definition) is 4. The van der Waals surface area contributed by atoms with Gasteiger partial charge in [0.1, 0.15) is 11.6 Å². The molecule has 28 heavy (non-hydrogen) atoms. The largest absolute Gasteiger partial charge is 0.481 e. The second-order valence-corrected chi connectivity index (χ2v) is 8.64. The van der Waals surface area contributed by atoms with Gasteiger partial charge in [-0.05, 0) is 50.1 Å². The van der Waals surface area contributed by atoms with Gasteiger partial charge >= 0.3 is 0 Å². The SMILES string of the molecule is CC(Oc1cccc(F)c1)C(=O)Nc1cccc(S(=O)(=O)N2CCCCC2)c1. The van der Waals surface area contributed by atoms with Gasteiger partial charge in [0.05, 0.1) is 4.90 Å².